The Morgan fingerprint density at radius 1 is 1.24 bits per heavy atom. The standard InChI is InChI=1S/C15H11FN2O3/c16-13-7-11(5-6-14(13)18(19)20)17-8-10-9-21-15-4-2-1-3-12(10)15/h1-7,9,17H,8H2. The Morgan fingerprint density at radius 2 is 2.05 bits per heavy atom. The summed E-state index contributed by atoms with van der Waals surface area (Å²) in [7, 11) is 0. The first-order valence-corrected chi connectivity index (χ1v) is 6.28. The minimum absolute atomic E-state index is 0.439. The molecule has 3 aromatic rings. The van der Waals surface area contributed by atoms with Gasteiger partial charge in [-0.2, -0.15) is 4.39 Å². The number of halogens is 1. The second-order valence-electron chi connectivity index (χ2n) is 4.53. The molecule has 3 rings (SSSR count). The van der Waals surface area contributed by atoms with Crippen molar-refractivity contribution in [2.75, 3.05) is 5.32 Å². The molecule has 21 heavy (non-hydrogen) atoms. The van der Waals surface area contributed by atoms with Crippen molar-refractivity contribution >= 4 is 22.3 Å². The van der Waals surface area contributed by atoms with Gasteiger partial charge in [-0.3, -0.25) is 10.1 Å². The maximum Gasteiger partial charge on any atom is 0.304 e. The Labute approximate surface area is 119 Å². The summed E-state index contributed by atoms with van der Waals surface area (Å²) in [6.45, 7) is 0.439. The van der Waals surface area contributed by atoms with E-state index >= 15 is 0 Å². The van der Waals surface area contributed by atoms with E-state index in [0.717, 1.165) is 28.7 Å². The molecule has 0 atom stereocenters. The van der Waals surface area contributed by atoms with Gasteiger partial charge in [-0.1, -0.05) is 18.2 Å². The number of furan rings is 1. The lowest BCUT2D eigenvalue weighted by Crippen LogP contribution is -2.00. The van der Waals surface area contributed by atoms with Gasteiger partial charge in [0.05, 0.1) is 11.2 Å². The highest BCUT2D eigenvalue weighted by molar-refractivity contribution is 5.81. The smallest absolute Gasteiger partial charge is 0.304 e. The van der Waals surface area contributed by atoms with Gasteiger partial charge in [0.2, 0.25) is 5.82 Å². The third-order valence-electron chi connectivity index (χ3n) is 3.19. The van der Waals surface area contributed by atoms with Gasteiger partial charge in [0.15, 0.2) is 0 Å². The van der Waals surface area contributed by atoms with E-state index in [1.165, 1.54) is 6.07 Å². The zero-order valence-electron chi connectivity index (χ0n) is 10.9. The molecule has 1 aromatic heterocycles. The topological polar surface area (TPSA) is 68.3 Å². The number of nitro benzene ring substituents is 1. The summed E-state index contributed by atoms with van der Waals surface area (Å²) in [5.74, 6) is -0.859. The van der Waals surface area contributed by atoms with Crippen LogP contribution in [-0.4, -0.2) is 4.92 Å². The molecule has 0 radical (unpaired) electrons. The molecule has 6 heteroatoms. The van der Waals surface area contributed by atoms with Crippen LogP contribution in [0.15, 0.2) is 53.1 Å². The normalized spacial score (nSPS) is 10.7. The Morgan fingerprint density at radius 3 is 2.81 bits per heavy atom. The monoisotopic (exact) mass is 286 g/mol. The molecule has 0 unspecified atom stereocenters. The number of para-hydroxylation sites is 1. The summed E-state index contributed by atoms with van der Waals surface area (Å²) in [4.78, 5) is 9.81. The second kappa shape index (κ2) is 5.24. The molecule has 2 aromatic carbocycles. The first-order chi connectivity index (χ1) is 10.1. The molecular formula is C15H11FN2O3. The minimum Gasteiger partial charge on any atom is -0.464 e. The van der Waals surface area contributed by atoms with Gasteiger partial charge in [0, 0.05) is 35.3 Å². The lowest BCUT2D eigenvalue weighted by molar-refractivity contribution is -0.387. The van der Waals surface area contributed by atoms with Crippen molar-refractivity contribution in [2.45, 2.75) is 6.54 Å². The highest BCUT2D eigenvalue weighted by Gasteiger charge is 2.13. The summed E-state index contributed by atoms with van der Waals surface area (Å²) < 4.78 is 18.9. The van der Waals surface area contributed by atoms with Crippen molar-refractivity contribution in [2.24, 2.45) is 0 Å². The van der Waals surface area contributed by atoms with E-state index in [0.29, 0.717) is 12.2 Å². The number of hydrogen-bond acceptors (Lipinski definition) is 4. The van der Waals surface area contributed by atoms with Crippen molar-refractivity contribution in [3.8, 4) is 0 Å². The van der Waals surface area contributed by atoms with Crippen molar-refractivity contribution in [3.63, 3.8) is 0 Å². The largest absolute Gasteiger partial charge is 0.464 e. The van der Waals surface area contributed by atoms with Gasteiger partial charge in [0.1, 0.15) is 5.58 Å². The molecule has 0 saturated heterocycles. The molecule has 5 nitrogen and oxygen atoms in total. The predicted molar refractivity (Wildman–Crippen MR) is 76.6 cm³/mol. The Balaban J connectivity index is 1.79. The molecule has 0 amide bonds. The zero-order chi connectivity index (χ0) is 14.8. The maximum absolute atomic E-state index is 13.5. The Bertz CT molecular complexity index is 814. The molecule has 0 fully saturated rings. The van der Waals surface area contributed by atoms with Crippen LogP contribution in [0.3, 0.4) is 0 Å². The fourth-order valence-corrected chi connectivity index (χ4v) is 2.13. The van der Waals surface area contributed by atoms with Crippen molar-refractivity contribution in [1.82, 2.24) is 0 Å². The molecular weight excluding hydrogens is 275 g/mol. The van der Waals surface area contributed by atoms with E-state index < -0.39 is 16.4 Å². The van der Waals surface area contributed by atoms with E-state index in [4.69, 9.17) is 4.42 Å². The number of nitro groups is 1. The lowest BCUT2D eigenvalue weighted by atomic mass is 10.2. The molecule has 0 aliphatic carbocycles. The number of nitrogens with zero attached hydrogens (tertiary/aromatic N) is 1. The van der Waals surface area contributed by atoms with Crippen LogP contribution in [0, 0.1) is 15.9 Å². The number of nitrogens with one attached hydrogen (secondary N) is 1. The quantitative estimate of drug-likeness (QED) is 0.579. The van der Waals surface area contributed by atoms with E-state index in [1.54, 1.807) is 6.26 Å². The summed E-state index contributed by atoms with van der Waals surface area (Å²) in [5.41, 5.74) is 1.66. The molecule has 106 valence electrons. The Hall–Kier alpha value is -2.89. The zero-order valence-corrected chi connectivity index (χ0v) is 10.9. The highest BCUT2D eigenvalue weighted by Crippen LogP contribution is 2.24. The molecule has 0 saturated carbocycles. The maximum atomic E-state index is 13.5. The van der Waals surface area contributed by atoms with Crippen LogP contribution in [-0.2, 0) is 6.54 Å². The van der Waals surface area contributed by atoms with Crippen molar-refractivity contribution in [3.05, 3.63) is 70.2 Å². The van der Waals surface area contributed by atoms with Crippen LogP contribution >= 0.6 is 0 Å². The molecule has 0 aliphatic heterocycles. The second-order valence-corrected chi connectivity index (χ2v) is 4.53. The summed E-state index contributed by atoms with van der Waals surface area (Å²) >= 11 is 0. The number of fused-ring (bicyclic) bond motifs is 1. The minimum atomic E-state index is -0.859. The molecule has 0 bridgehead atoms. The van der Waals surface area contributed by atoms with E-state index in [1.807, 2.05) is 24.3 Å². The molecule has 0 aliphatic rings. The van der Waals surface area contributed by atoms with Crippen LogP contribution < -0.4 is 5.32 Å². The molecule has 1 N–H and O–H groups in total. The number of benzene rings is 2. The third-order valence-corrected chi connectivity index (χ3v) is 3.19. The average molecular weight is 286 g/mol. The van der Waals surface area contributed by atoms with Gasteiger partial charge < -0.3 is 9.73 Å². The van der Waals surface area contributed by atoms with E-state index in [9.17, 15) is 14.5 Å². The molecule has 1 heterocycles. The highest BCUT2D eigenvalue weighted by atomic mass is 19.1. The van der Waals surface area contributed by atoms with Gasteiger partial charge in [0.25, 0.3) is 0 Å². The first-order valence-electron chi connectivity index (χ1n) is 6.28. The number of rotatable bonds is 4. The van der Waals surface area contributed by atoms with Crippen LogP contribution in [0.5, 0.6) is 0 Å². The van der Waals surface area contributed by atoms with Crippen molar-refractivity contribution < 1.29 is 13.7 Å². The van der Waals surface area contributed by atoms with E-state index in [2.05, 4.69) is 5.32 Å². The average Bonchev–Trinajstić information content (AvgIpc) is 2.88. The summed E-state index contributed by atoms with van der Waals surface area (Å²) in [5, 5.41) is 14.6. The molecule has 0 spiro atoms. The lowest BCUT2D eigenvalue weighted by Gasteiger charge is -2.05. The fraction of sp³-hybridized carbons (Fsp3) is 0.0667. The number of hydrogen-bond donors (Lipinski definition) is 1. The predicted octanol–water partition coefficient (Wildman–Crippen LogP) is 4.09. The van der Waals surface area contributed by atoms with Gasteiger partial charge in [-0.05, 0) is 12.1 Å². The van der Waals surface area contributed by atoms with Gasteiger partial charge in [-0.15, -0.1) is 0 Å². The van der Waals surface area contributed by atoms with Gasteiger partial charge >= 0.3 is 5.69 Å². The van der Waals surface area contributed by atoms with Crippen LogP contribution in [0.1, 0.15) is 5.56 Å². The van der Waals surface area contributed by atoms with Crippen LogP contribution in [0.2, 0.25) is 0 Å². The first kappa shape index (κ1) is 13.1. The van der Waals surface area contributed by atoms with Crippen LogP contribution in [0.4, 0.5) is 15.8 Å². The number of anilines is 1. The summed E-state index contributed by atoms with van der Waals surface area (Å²) in [6, 6.07) is 11.3. The Kier molecular flexibility index (Phi) is 3.27. The van der Waals surface area contributed by atoms with Gasteiger partial charge in [-0.25, -0.2) is 0 Å². The SMILES string of the molecule is O=[N+]([O-])c1ccc(NCc2coc3ccccc23)cc1F. The van der Waals surface area contributed by atoms with Crippen LogP contribution in [0.25, 0.3) is 11.0 Å². The fourth-order valence-electron chi connectivity index (χ4n) is 2.13. The van der Waals surface area contributed by atoms with Crippen molar-refractivity contribution in [1.29, 1.82) is 0 Å². The van der Waals surface area contributed by atoms with E-state index in [-0.39, 0.29) is 0 Å². The third kappa shape index (κ3) is 2.55. The summed E-state index contributed by atoms with van der Waals surface area (Å²) in [6.07, 6.45) is 1.64.